The number of aromatic nitrogens is 1. The van der Waals surface area contributed by atoms with Crippen LogP contribution in [0.1, 0.15) is 35.6 Å². The zero-order valence-corrected chi connectivity index (χ0v) is 16.2. The molecule has 3 aromatic rings. The maximum absolute atomic E-state index is 13.6. The molecule has 1 unspecified atom stereocenters. The van der Waals surface area contributed by atoms with Gasteiger partial charge in [0.15, 0.2) is 5.82 Å². The van der Waals surface area contributed by atoms with Crippen molar-refractivity contribution in [1.82, 2.24) is 10.1 Å². The number of nitrogens with one attached hydrogen (secondary N) is 1. The van der Waals surface area contributed by atoms with Gasteiger partial charge >= 0.3 is 0 Å². The molecule has 1 atom stereocenters. The van der Waals surface area contributed by atoms with Crippen LogP contribution in [0, 0.1) is 6.92 Å². The van der Waals surface area contributed by atoms with E-state index >= 15 is 0 Å². The van der Waals surface area contributed by atoms with Crippen molar-refractivity contribution in [2.45, 2.75) is 31.7 Å². The highest BCUT2D eigenvalue weighted by Gasteiger charge is 2.38. The minimum atomic E-state index is -0.519. The maximum atomic E-state index is 13.6. The lowest BCUT2D eigenvalue weighted by atomic mass is 9.90. The van der Waals surface area contributed by atoms with Crippen molar-refractivity contribution in [2.24, 2.45) is 0 Å². The third kappa shape index (κ3) is 4.06. The van der Waals surface area contributed by atoms with Gasteiger partial charge in [-0.25, -0.2) is 0 Å². The molecule has 6 heteroatoms. The molecule has 2 amide bonds. The van der Waals surface area contributed by atoms with E-state index < -0.39 is 12.0 Å². The Balaban J connectivity index is 1.60. The number of aryl methyl sites for hydroxylation is 1. The van der Waals surface area contributed by atoms with E-state index in [0.29, 0.717) is 24.5 Å². The Bertz CT molecular complexity index is 945. The molecule has 148 valence electrons. The summed E-state index contributed by atoms with van der Waals surface area (Å²) in [6.07, 6.45) is 1.42. The Kier molecular flexibility index (Phi) is 5.42. The number of anilines is 1. The number of hydrogen-bond acceptors (Lipinski definition) is 4. The molecular formula is C23H23N3O3. The highest BCUT2D eigenvalue weighted by atomic mass is 16.5. The van der Waals surface area contributed by atoms with Crippen molar-refractivity contribution in [3.05, 3.63) is 83.6 Å². The van der Waals surface area contributed by atoms with E-state index in [9.17, 15) is 9.59 Å². The van der Waals surface area contributed by atoms with Crippen molar-refractivity contribution in [2.75, 3.05) is 11.9 Å². The zero-order chi connectivity index (χ0) is 20.2. The normalized spacial score (nSPS) is 16.2. The maximum Gasteiger partial charge on any atom is 0.248 e. The first-order chi connectivity index (χ1) is 14.1. The topological polar surface area (TPSA) is 75.4 Å². The number of benzene rings is 2. The Labute approximate surface area is 169 Å². The molecule has 1 aliphatic rings. The van der Waals surface area contributed by atoms with Crippen LogP contribution in [0.25, 0.3) is 0 Å². The SMILES string of the molecule is Cc1cc(NC(=O)C2CCCN2C(=O)C(c2ccccc2)c2ccccc2)no1. The Morgan fingerprint density at radius 2 is 1.69 bits per heavy atom. The van der Waals surface area contributed by atoms with Gasteiger partial charge in [-0.05, 0) is 30.9 Å². The van der Waals surface area contributed by atoms with E-state index in [1.807, 2.05) is 60.7 Å². The highest BCUT2D eigenvalue weighted by Crippen LogP contribution is 2.30. The largest absolute Gasteiger partial charge is 0.360 e. The number of nitrogens with zero attached hydrogens (tertiary/aromatic N) is 2. The summed E-state index contributed by atoms with van der Waals surface area (Å²) in [4.78, 5) is 28.2. The Morgan fingerprint density at radius 3 is 2.24 bits per heavy atom. The summed E-state index contributed by atoms with van der Waals surface area (Å²) in [6, 6.07) is 20.6. The van der Waals surface area contributed by atoms with E-state index in [-0.39, 0.29) is 11.8 Å². The standard InChI is InChI=1S/C23H23N3O3/c1-16-15-20(25-29-16)24-22(27)19-13-8-14-26(19)23(28)21(17-9-4-2-5-10-17)18-11-6-3-7-12-18/h2-7,9-12,15,19,21H,8,13-14H2,1H3,(H,24,25,27). The van der Waals surface area contributed by atoms with Gasteiger partial charge in [0.1, 0.15) is 11.8 Å². The Hall–Kier alpha value is -3.41. The summed E-state index contributed by atoms with van der Waals surface area (Å²) in [5, 5.41) is 6.59. The summed E-state index contributed by atoms with van der Waals surface area (Å²) in [7, 11) is 0. The van der Waals surface area contributed by atoms with Crippen molar-refractivity contribution in [3.8, 4) is 0 Å². The van der Waals surface area contributed by atoms with Crippen LogP contribution in [0.2, 0.25) is 0 Å². The lowest BCUT2D eigenvalue weighted by Gasteiger charge is -2.28. The highest BCUT2D eigenvalue weighted by molar-refractivity contribution is 5.98. The molecule has 0 saturated carbocycles. The van der Waals surface area contributed by atoms with Gasteiger partial charge in [-0.1, -0.05) is 65.8 Å². The van der Waals surface area contributed by atoms with Gasteiger partial charge in [0.2, 0.25) is 11.8 Å². The first-order valence-corrected chi connectivity index (χ1v) is 9.78. The van der Waals surface area contributed by atoms with E-state index in [1.54, 1.807) is 17.9 Å². The molecule has 0 radical (unpaired) electrons. The summed E-state index contributed by atoms with van der Waals surface area (Å²) < 4.78 is 5.01. The molecule has 1 aromatic heterocycles. The van der Waals surface area contributed by atoms with Gasteiger partial charge in [-0.2, -0.15) is 0 Å². The van der Waals surface area contributed by atoms with Crippen molar-refractivity contribution >= 4 is 17.6 Å². The molecule has 4 rings (SSSR count). The number of hydrogen-bond donors (Lipinski definition) is 1. The predicted molar refractivity (Wildman–Crippen MR) is 109 cm³/mol. The molecule has 2 heterocycles. The fourth-order valence-electron chi connectivity index (χ4n) is 3.87. The lowest BCUT2D eigenvalue weighted by molar-refractivity contribution is -0.137. The number of rotatable bonds is 5. The van der Waals surface area contributed by atoms with Crippen molar-refractivity contribution in [1.29, 1.82) is 0 Å². The first kappa shape index (κ1) is 18.9. The third-order valence-corrected chi connectivity index (χ3v) is 5.23. The van der Waals surface area contributed by atoms with E-state index in [0.717, 1.165) is 17.5 Å². The number of likely N-dealkylation sites (tertiary alicyclic amines) is 1. The van der Waals surface area contributed by atoms with Crippen LogP contribution in [-0.4, -0.2) is 34.5 Å². The summed E-state index contributed by atoms with van der Waals surface area (Å²) in [5.74, 6) is 0.253. The molecule has 1 saturated heterocycles. The van der Waals surface area contributed by atoms with Gasteiger partial charge < -0.3 is 14.7 Å². The van der Waals surface area contributed by atoms with E-state index in [2.05, 4.69) is 10.5 Å². The molecular weight excluding hydrogens is 366 g/mol. The van der Waals surface area contributed by atoms with Crippen LogP contribution in [0.3, 0.4) is 0 Å². The monoisotopic (exact) mass is 389 g/mol. The molecule has 29 heavy (non-hydrogen) atoms. The molecule has 2 aromatic carbocycles. The fraction of sp³-hybridized carbons (Fsp3) is 0.261. The molecule has 1 fully saturated rings. The van der Waals surface area contributed by atoms with E-state index in [1.165, 1.54) is 0 Å². The second kappa shape index (κ2) is 8.31. The lowest BCUT2D eigenvalue weighted by Crippen LogP contribution is -2.45. The summed E-state index contributed by atoms with van der Waals surface area (Å²) in [6.45, 7) is 2.32. The molecule has 1 aliphatic heterocycles. The molecule has 0 spiro atoms. The average Bonchev–Trinajstić information content (AvgIpc) is 3.39. The van der Waals surface area contributed by atoms with Gasteiger partial charge in [-0.3, -0.25) is 9.59 Å². The average molecular weight is 389 g/mol. The van der Waals surface area contributed by atoms with Crippen LogP contribution in [-0.2, 0) is 9.59 Å². The van der Waals surface area contributed by atoms with Gasteiger partial charge in [0.25, 0.3) is 0 Å². The second-order valence-corrected chi connectivity index (χ2v) is 7.26. The number of carbonyl (C=O) groups is 2. The predicted octanol–water partition coefficient (Wildman–Crippen LogP) is 3.74. The smallest absolute Gasteiger partial charge is 0.248 e. The third-order valence-electron chi connectivity index (χ3n) is 5.23. The van der Waals surface area contributed by atoms with Crippen LogP contribution in [0.4, 0.5) is 5.82 Å². The minimum absolute atomic E-state index is 0.0589. The molecule has 0 bridgehead atoms. The Morgan fingerprint density at radius 1 is 1.07 bits per heavy atom. The van der Waals surface area contributed by atoms with Crippen LogP contribution in [0.5, 0.6) is 0 Å². The molecule has 1 N–H and O–H groups in total. The van der Waals surface area contributed by atoms with Gasteiger partial charge in [0.05, 0.1) is 5.92 Å². The van der Waals surface area contributed by atoms with Crippen LogP contribution in [0.15, 0.2) is 71.3 Å². The molecule has 0 aliphatic carbocycles. The van der Waals surface area contributed by atoms with Crippen molar-refractivity contribution in [3.63, 3.8) is 0 Å². The number of carbonyl (C=O) groups excluding carboxylic acids is 2. The fourth-order valence-corrected chi connectivity index (χ4v) is 3.87. The quantitative estimate of drug-likeness (QED) is 0.721. The summed E-state index contributed by atoms with van der Waals surface area (Å²) in [5.41, 5.74) is 1.84. The van der Waals surface area contributed by atoms with Crippen LogP contribution < -0.4 is 5.32 Å². The zero-order valence-electron chi connectivity index (χ0n) is 16.2. The molecule has 6 nitrogen and oxygen atoms in total. The first-order valence-electron chi connectivity index (χ1n) is 9.78. The number of amides is 2. The van der Waals surface area contributed by atoms with E-state index in [4.69, 9.17) is 4.52 Å². The minimum Gasteiger partial charge on any atom is -0.360 e. The van der Waals surface area contributed by atoms with Crippen LogP contribution >= 0.6 is 0 Å². The second-order valence-electron chi connectivity index (χ2n) is 7.26. The van der Waals surface area contributed by atoms with Crippen molar-refractivity contribution < 1.29 is 14.1 Å². The summed E-state index contributed by atoms with van der Waals surface area (Å²) >= 11 is 0. The van der Waals surface area contributed by atoms with Gasteiger partial charge in [-0.15, -0.1) is 0 Å². The van der Waals surface area contributed by atoms with Gasteiger partial charge in [0, 0.05) is 12.6 Å².